The third kappa shape index (κ3) is 5.64. The molecule has 2 N–H and O–H groups in total. The highest BCUT2D eigenvalue weighted by atomic mass is 16.5. The molecule has 2 aromatic carbocycles. The van der Waals surface area contributed by atoms with Gasteiger partial charge >= 0.3 is 6.03 Å². The van der Waals surface area contributed by atoms with E-state index in [1.165, 1.54) is 11.3 Å². The van der Waals surface area contributed by atoms with Gasteiger partial charge in [-0.2, -0.15) is 0 Å². The Balaban J connectivity index is 1.82. The molecule has 0 atom stereocenters. The second-order valence-corrected chi connectivity index (χ2v) is 6.60. The number of hydrogen-bond acceptors (Lipinski definition) is 3. The van der Waals surface area contributed by atoms with Gasteiger partial charge in [-0.15, -0.1) is 0 Å². The molecule has 27 heavy (non-hydrogen) atoms. The number of hydrogen-bond donors (Lipinski definition) is 2. The number of ether oxygens (including phenoxy) is 1. The van der Waals surface area contributed by atoms with Crippen molar-refractivity contribution in [3.63, 3.8) is 0 Å². The molecule has 0 radical (unpaired) electrons. The summed E-state index contributed by atoms with van der Waals surface area (Å²) >= 11 is 0. The SMILES string of the molecule is CCN(CC)c1ccc(NC(=O)NCCOc2cccc(C)c2C)c(C)c1. The van der Waals surface area contributed by atoms with Gasteiger partial charge in [0.2, 0.25) is 0 Å². The number of urea groups is 1. The van der Waals surface area contributed by atoms with Crippen LogP contribution in [-0.2, 0) is 0 Å². The van der Waals surface area contributed by atoms with Gasteiger partial charge in [-0.3, -0.25) is 0 Å². The number of anilines is 2. The van der Waals surface area contributed by atoms with E-state index in [0.29, 0.717) is 13.2 Å². The molecule has 2 rings (SSSR count). The van der Waals surface area contributed by atoms with Gasteiger partial charge in [0, 0.05) is 24.5 Å². The van der Waals surface area contributed by atoms with Crippen LogP contribution in [0.1, 0.15) is 30.5 Å². The highest BCUT2D eigenvalue weighted by molar-refractivity contribution is 5.90. The molecule has 0 aliphatic rings. The maximum Gasteiger partial charge on any atom is 0.319 e. The highest BCUT2D eigenvalue weighted by Gasteiger charge is 2.08. The van der Waals surface area contributed by atoms with E-state index in [9.17, 15) is 4.79 Å². The van der Waals surface area contributed by atoms with Crippen LogP contribution in [0.15, 0.2) is 36.4 Å². The van der Waals surface area contributed by atoms with Crippen molar-refractivity contribution < 1.29 is 9.53 Å². The highest BCUT2D eigenvalue weighted by Crippen LogP contribution is 2.23. The largest absolute Gasteiger partial charge is 0.491 e. The fourth-order valence-electron chi connectivity index (χ4n) is 2.95. The van der Waals surface area contributed by atoms with Crippen LogP contribution >= 0.6 is 0 Å². The van der Waals surface area contributed by atoms with Gasteiger partial charge < -0.3 is 20.3 Å². The molecule has 2 aromatic rings. The van der Waals surface area contributed by atoms with Gasteiger partial charge in [0.1, 0.15) is 12.4 Å². The van der Waals surface area contributed by atoms with Gasteiger partial charge in [-0.05, 0) is 75.6 Å². The van der Waals surface area contributed by atoms with Crippen LogP contribution in [-0.4, -0.2) is 32.3 Å². The van der Waals surface area contributed by atoms with E-state index >= 15 is 0 Å². The van der Waals surface area contributed by atoms with E-state index in [0.717, 1.165) is 35.7 Å². The first-order valence-corrected chi connectivity index (χ1v) is 9.55. The quantitative estimate of drug-likeness (QED) is 0.666. The third-order valence-electron chi connectivity index (χ3n) is 4.79. The van der Waals surface area contributed by atoms with Crippen molar-refractivity contribution >= 4 is 17.4 Å². The van der Waals surface area contributed by atoms with Crippen molar-refractivity contribution in [3.05, 3.63) is 53.1 Å². The molecule has 0 fully saturated rings. The van der Waals surface area contributed by atoms with E-state index in [1.807, 2.05) is 38.1 Å². The number of nitrogens with zero attached hydrogens (tertiary/aromatic N) is 1. The second kappa shape index (κ2) is 9.86. The predicted molar refractivity (Wildman–Crippen MR) is 113 cm³/mol. The number of amides is 2. The first-order valence-electron chi connectivity index (χ1n) is 9.55. The van der Waals surface area contributed by atoms with E-state index in [-0.39, 0.29) is 6.03 Å². The predicted octanol–water partition coefficient (Wildman–Crippen LogP) is 4.66. The van der Waals surface area contributed by atoms with E-state index < -0.39 is 0 Å². The number of carbonyl (C=O) groups excluding carboxylic acids is 1. The molecule has 0 aliphatic carbocycles. The smallest absolute Gasteiger partial charge is 0.319 e. The molecule has 5 heteroatoms. The molecule has 2 amide bonds. The average molecular weight is 370 g/mol. The van der Waals surface area contributed by atoms with Crippen molar-refractivity contribution in [1.82, 2.24) is 5.32 Å². The zero-order chi connectivity index (χ0) is 19.8. The summed E-state index contributed by atoms with van der Waals surface area (Å²) in [5.74, 6) is 0.861. The van der Waals surface area contributed by atoms with Crippen LogP contribution in [0.25, 0.3) is 0 Å². The lowest BCUT2D eigenvalue weighted by Crippen LogP contribution is -2.32. The summed E-state index contributed by atoms with van der Waals surface area (Å²) in [5, 5.41) is 5.74. The normalized spacial score (nSPS) is 10.4. The fourth-order valence-corrected chi connectivity index (χ4v) is 2.95. The van der Waals surface area contributed by atoms with Crippen molar-refractivity contribution in [1.29, 1.82) is 0 Å². The fraction of sp³-hybridized carbons (Fsp3) is 0.409. The van der Waals surface area contributed by atoms with Gasteiger partial charge in [-0.1, -0.05) is 12.1 Å². The van der Waals surface area contributed by atoms with Crippen molar-refractivity contribution in [2.45, 2.75) is 34.6 Å². The minimum atomic E-state index is -0.224. The second-order valence-electron chi connectivity index (χ2n) is 6.60. The summed E-state index contributed by atoms with van der Waals surface area (Å²) in [4.78, 5) is 14.4. The Morgan fingerprint density at radius 3 is 2.44 bits per heavy atom. The minimum absolute atomic E-state index is 0.224. The summed E-state index contributed by atoms with van der Waals surface area (Å²) in [5.41, 5.74) is 5.36. The average Bonchev–Trinajstić information content (AvgIpc) is 2.65. The Labute approximate surface area is 162 Å². The molecule has 5 nitrogen and oxygen atoms in total. The molecule has 0 bridgehead atoms. The van der Waals surface area contributed by atoms with Crippen LogP contribution in [0.4, 0.5) is 16.2 Å². The topological polar surface area (TPSA) is 53.6 Å². The van der Waals surface area contributed by atoms with Crippen LogP contribution in [0.5, 0.6) is 5.75 Å². The van der Waals surface area contributed by atoms with Crippen LogP contribution in [0, 0.1) is 20.8 Å². The summed E-state index contributed by atoms with van der Waals surface area (Å²) in [6.45, 7) is 13.2. The van der Waals surface area contributed by atoms with Crippen molar-refractivity contribution in [2.24, 2.45) is 0 Å². The summed E-state index contributed by atoms with van der Waals surface area (Å²) in [7, 11) is 0. The maximum absolute atomic E-state index is 12.1. The van der Waals surface area contributed by atoms with E-state index in [4.69, 9.17) is 4.74 Å². The molecule has 146 valence electrons. The molecule has 0 heterocycles. The molecule has 0 saturated heterocycles. The monoisotopic (exact) mass is 369 g/mol. The van der Waals surface area contributed by atoms with Gasteiger partial charge in [0.05, 0.1) is 6.54 Å². The zero-order valence-electron chi connectivity index (χ0n) is 17.1. The zero-order valence-corrected chi connectivity index (χ0v) is 17.1. The Kier molecular flexibility index (Phi) is 7.53. The maximum atomic E-state index is 12.1. The standard InChI is InChI=1S/C22H31N3O2/c1-6-25(7-2)19-11-12-20(17(4)15-19)24-22(26)23-13-14-27-21-10-8-9-16(3)18(21)5/h8-12,15H,6-7,13-14H2,1-5H3,(H2,23,24,26). The van der Waals surface area contributed by atoms with E-state index in [2.05, 4.69) is 48.4 Å². The molecule has 0 saturated carbocycles. The Hall–Kier alpha value is -2.69. The summed E-state index contributed by atoms with van der Waals surface area (Å²) < 4.78 is 5.76. The first-order chi connectivity index (χ1) is 13.0. The summed E-state index contributed by atoms with van der Waals surface area (Å²) in [6.07, 6.45) is 0. The Morgan fingerprint density at radius 1 is 1.04 bits per heavy atom. The van der Waals surface area contributed by atoms with Crippen LogP contribution in [0.3, 0.4) is 0 Å². The first kappa shape index (κ1) is 20.6. The van der Waals surface area contributed by atoms with Crippen molar-refractivity contribution in [2.75, 3.05) is 36.5 Å². The van der Waals surface area contributed by atoms with Crippen molar-refractivity contribution in [3.8, 4) is 5.75 Å². The van der Waals surface area contributed by atoms with Gasteiger partial charge in [-0.25, -0.2) is 4.79 Å². The number of benzene rings is 2. The number of rotatable bonds is 8. The molecule has 0 spiro atoms. The Morgan fingerprint density at radius 2 is 1.78 bits per heavy atom. The lowest BCUT2D eigenvalue weighted by Gasteiger charge is -2.22. The summed E-state index contributed by atoms with van der Waals surface area (Å²) in [6, 6.07) is 11.9. The van der Waals surface area contributed by atoms with Gasteiger partial charge in [0.25, 0.3) is 0 Å². The lowest BCUT2D eigenvalue weighted by molar-refractivity contribution is 0.247. The molecular formula is C22H31N3O2. The molecular weight excluding hydrogens is 338 g/mol. The third-order valence-corrected chi connectivity index (χ3v) is 4.79. The number of nitrogens with one attached hydrogen (secondary N) is 2. The number of aryl methyl sites for hydroxylation is 2. The number of carbonyl (C=O) groups is 1. The molecule has 0 aromatic heterocycles. The van der Waals surface area contributed by atoms with Gasteiger partial charge in [0.15, 0.2) is 0 Å². The van der Waals surface area contributed by atoms with Crippen LogP contribution < -0.4 is 20.3 Å². The Bertz CT molecular complexity index is 770. The molecule has 0 unspecified atom stereocenters. The van der Waals surface area contributed by atoms with E-state index in [1.54, 1.807) is 0 Å². The minimum Gasteiger partial charge on any atom is -0.491 e. The van der Waals surface area contributed by atoms with Crippen LogP contribution in [0.2, 0.25) is 0 Å². The lowest BCUT2D eigenvalue weighted by atomic mass is 10.1. The molecule has 0 aliphatic heterocycles.